The van der Waals surface area contributed by atoms with Crippen molar-refractivity contribution in [2.75, 3.05) is 38.7 Å². The molecule has 4 N–H and O–H groups in total. The molecular weight excluding hydrogens is 360 g/mol. The third-order valence-electron chi connectivity index (χ3n) is 5.06. The van der Waals surface area contributed by atoms with Crippen molar-refractivity contribution in [1.82, 2.24) is 25.2 Å². The molecule has 0 atom stereocenters. The maximum Gasteiger partial charge on any atom is 0.319 e. The Labute approximate surface area is 161 Å². The highest BCUT2D eigenvalue weighted by atomic mass is 16.5. The van der Waals surface area contributed by atoms with Crippen molar-refractivity contribution >= 4 is 28.3 Å². The van der Waals surface area contributed by atoms with Crippen LogP contribution in [0.4, 0.5) is 10.5 Å². The quantitative estimate of drug-likeness (QED) is 0.497. The molecule has 3 aromatic rings. The van der Waals surface area contributed by atoms with Gasteiger partial charge >= 0.3 is 6.03 Å². The number of aromatic nitrogens is 3. The highest BCUT2D eigenvalue weighted by Crippen LogP contribution is 2.30. The number of hydrogen-bond acceptors (Lipinski definition) is 5. The van der Waals surface area contributed by atoms with Crippen LogP contribution in [0.25, 0.3) is 16.6 Å². The molecule has 0 bridgehead atoms. The molecule has 1 fully saturated rings. The number of amides is 2. The molecule has 28 heavy (non-hydrogen) atoms. The first-order valence-corrected chi connectivity index (χ1v) is 9.46. The van der Waals surface area contributed by atoms with Crippen molar-refractivity contribution in [3.05, 3.63) is 40.3 Å². The molecule has 9 heteroatoms. The van der Waals surface area contributed by atoms with Crippen LogP contribution in [-0.2, 0) is 4.74 Å². The Bertz CT molecular complexity index is 1050. The van der Waals surface area contributed by atoms with Crippen LogP contribution in [0.5, 0.6) is 0 Å². The van der Waals surface area contributed by atoms with Crippen molar-refractivity contribution in [2.24, 2.45) is 0 Å². The summed E-state index contributed by atoms with van der Waals surface area (Å²) in [6.07, 6.45) is 1.92. The molecule has 0 saturated carbocycles. The van der Waals surface area contributed by atoms with E-state index < -0.39 is 0 Å². The minimum Gasteiger partial charge on any atom is -0.383 e. The summed E-state index contributed by atoms with van der Waals surface area (Å²) in [5, 5.41) is 14.4. The number of carbonyl (C=O) groups is 1. The summed E-state index contributed by atoms with van der Waals surface area (Å²) < 4.78 is 6.76. The summed E-state index contributed by atoms with van der Waals surface area (Å²) >= 11 is 0. The van der Waals surface area contributed by atoms with Gasteiger partial charge in [0.05, 0.1) is 28.9 Å². The van der Waals surface area contributed by atoms with E-state index in [9.17, 15) is 9.59 Å². The average Bonchev–Trinajstić information content (AvgIpc) is 3.07. The van der Waals surface area contributed by atoms with Gasteiger partial charge in [-0.1, -0.05) is 6.07 Å². The fraction of sp³-hybridized carbons (Fsp3) is 0.421. The van der Waals surface area contributed by atoms with Gasteiger partial charge in [0, 0.05) is 25.6 Å². The van der Waals surface area contributed by atoms with Crippen LogP contribution in [0, 0.1) is 0 Å². The van der Waals surface area contributed by atoms with Gasteiger partial charge in [0.1, 0.15) is 5.65 Å². The Hall–Kier alpha value is -2.91. The number of H-pyrrole nitrogens is 1. The number of hydrogen-bond donors (Lipinski definition) is 4. The zero-order chi connectivity index (χ0) is 19.5. The molecule has 148 valence electrons. The molecule has 1 aromatic carbocycles. The summed E-state index contributed by atoms with van der Waals surface area (Å²) in [4.78, 5) is 27.5. The van der Waals surface area contributed by atoms with Crippen LogP contribution in [-0.4, -0.2) is 54.0 Å². The number of nitrogens with one attached hydrogen (secondary N) is 4. The molecule has 9 nitrogen and oxygen atoms in total. The molecule has 0 unspecified atom stereocenters. The van der Waals surface area contributed by atoms with Gasteiger partial charge in [-0.15, -0.1) is 0 Å². The molecule has 0 aliphatic carbocycles. The SMILES string of the molecule is COCCNC(=O)Nc1cccc2nn3c(C4CCNCC4)cc(=O)[nH]c3c12. The number of fused-ring (bicyclic) bond motifs is 3. The summed E-state index contributed by atoms with van der Waals surface area (Å²) in [5.41, 5.74) is 2.66. The van der Waals surface area contributed by atoms with E-state index in [-0.39, 0.29) is 17.5 Å². The predicted molar refractivity (Wildman–Crippen MR) is 107 cm³/mol. The van der Waals surface area contributed by atoms with Crippen molar-refractivity contribution in [1.29, 1.82) is 0 Å². The molecule has 3 heterocycles. The lowest BCUT2D eigenvalue weighted by Crippen LogP contribution is -2.31. The van der Waals surface area contributed by atoms with E-state index in [0.717, 1.165) is 37.0 Å². The lowest BCUT2D eigenvalue weighted by atomic mass is 9.94. The number of carbonyl (C=O) groups excluding carboxylic acids is 1. The number of ether oxygens (including phenoxy) is 1. The normalized spacial score (nSPS) is 15.2. The first-order chi connectivity index (χ1) is 13.7. The van der Waals surface area contributed by atoms with Gasteiger partial charge in [0.25, 0.3) is 5.56 Å². The van der Waals surface area contributed by atoms with Crippen molar-refractivity contribution in [3.8, 4) is 0 Å². The largest absolute Gasteiger partial charge is 0.383 e. The van der Waals surface area contributed by atoms with E-state index in [4.69, 9.17) is 9.84 Å². The van der Waals surface area contributed by atoms with Crippen LogP contribution in [0.3, 0.4) is 0 Å². The lowest BCUT2D eigenvalue weighted by Gasteiger charge is -2.23. The third-order valence-corrected chi connectivity index (χ3v) is 5.06. The molecule has 1 aliphatic rings. The Balaban J connectivity index is 1.76. The summed E-state index contributed by atoms with van der Waals surface area (Å²) in [7, 11) is 1.58. The fourth-order valence-corrected chi connectivity index (χ4v) is 3.73. The van der Waals surface area contributed by atoms with E-state index in [1.54, 1.807) is 19.2 Å². The number of nitrogens with zero attached hydrogens (tertiary/aromatic N) is 2. The zero-order valence-corrected chi connectivity index (χ0v) is 15.7. The first kappa shape index (κ1) is 18.5. The van der Waals surface area contributed by atoms with Crippen LogP contribution in [0.15, 0.2) is 29.1 Å². The molecule has 1 aliphatic heterocycles. The molecule has 0 radical (unpaired) electrons. The van der Waals surface area contributed by atoms with E-state index in [2.05, 4.69) is 20.9 Å². The lowest BCUT2D eigenvalue weighted by molar-refractivity contribution is 0.198. The van der Waals surface area contributed by atoms with Gasteiger partial charge in [-0.25, -0.2) is 9.31 Å². The topological polar surface area (TPSA) is 113 Å². The summed E-state index contributed by atoms with van der Waals surface area (Å²) in [5.74, 6) is 0.272. The summed E-state index contributed by atoms with van der Waals surface area (Å²) in [6, 6.07) is 6.82. The standard InChI is InChI=1S/C19H24N6O3/c1-28-10-9-21-19(27)22-13-3-2-4-14-17(13)18-23-16(26)11-15(25(18)24-14)12-5-7-20-8-6-12/h2-4,11-12,20H,5-10H2,1H3,(H,23,26)(H2,21,22,27). The van der Waals surface area contributed by atoms with Crippen molar-refractivity contribution < 1.29 is 9.53 Å². The Morgan fingerprint density at radius 3 is 2.96 bits per heavy atom. The zero-order valence-electron chi connectivity index (χ0n) is 15.7. The maximum absolute atomic E-state index is 12.4. The number of rotatable bonds is 5. The molecule has 4 rings (SSSR count). The second-order valence-electron chi connectivity index (χ2n) is 6.92. The molecule has 0 spiro atoms. The second-order valence-corrected chi connectivity index (χ2v) is 6.92. The van der Waals surface area contributed by atoms with Crippen molar-refractivity contribution in [3.63, 3.8) is 0 Å². The molecule has 1 saturated heterocycles. The van der Waals surface area contributed by atoms with Crippen LogP contribution < -0.4 is 21.5 Å². The van der Waals surface area contributed by atoms with E-state index in [1.807, 2.05) is 16.6 Å². The number of methoxy groups -OCH3 is 1. The minimum absolute atomic E-state index is 0.165. The molecular formula is C19H24N6O3. The van der Waals surface area contributed by atoms with Gasteiger partial charge in [-0.05, 0) is 38.1 Å². The number of urea groups is 1. The Morgan fingerprint density at radius 1 is 1.36 bits per heavy atom. The third kappa shape index (κ3) is 3.58. The van der Waals surface area contributed by atoms with Crippen LogP contribution >= 0.6 is 0 Å². The highest BCUT2D eigenvalue weighted by molar-refractivity contribution is 6.07. The average molecular weight is 384 g/mol. The number of piperidine rings is 1. The van der Waals surface area contributed by atoms with E-state index >= 15 is 0 Å². The van der Waals surface area contributed by atoms with Gasteiger partial charge < -0.3 is 25.7 Å². The highest BCUT2D eigenvalue weighted by Gasteiger charge is 2.21. The Morgan fingerprint density at radius 2 is 2.18 bits per heavy atom. The van der Waals surface area contributed by atoms with E-state index in [0.29, 0.717) is 30.0 Å². The molecule has 2 aromatic heterocycles. The van der Waals surface area contributed by atoms with Gasteiger partial charge in [0.15, 0.2) is 0 Å². The maximum atomic E-state index is 12.4. The smallest absolute Gasteiger partial charge is 0.319 e. The number of aromatic amines is 1. The summed E-state index contributed by atoms with van der Waals surface area (Å²) in [6.45, 7) is 2.69. The first-order valence-electron chi connectivity index (χ1n) is 9.46. The van der Waals surface area contributed by atoms with Crippen LogP contribution in [0.2, 0.25) is 0 Å². The fourth-order valence-electron chi connectivity index (χ4n) is 3.73. The second kappa shape index (κ2) is 7.99. The van der Waals surface area contributed by atoms with Gasteiger partial charge in [0.2, 0.25) is 0 Å². The Kier molecular flexibility index (Phi) is 5.27. The number of anilines is 1. The van der Waals surface area contributed by atoms with Gasteiger partial charge in [-0.2, -0.15) is 5.10 Å². The van der Waals surface area contributed by atoms with Gasteiger partial charge in [-0.3, -0.25) is 4.79 Å². The number of benzene rings is 1. The van der Waals surface area contributed by atoms with Crippen molar-refractivity contribution in [2.45, 2.75) is 18.8 Å². The molecule has 2 amide bonds. The van der Waals surface area contributed by atoms with E-state index in [1.165, 1.54) is 0 Å². The monoisotopic (exact) mass is 384 g/mol. The predicted octanol–water partition coefficient (Wildman–Crippen LogP) is 1.41. The minimum atomic E-state index is -0.333. The van der Waals surface area contributed by atoms with Crippen LogP contribution in [0.1, 0.15) is 24.5 Å².